The summed E-state index contributed by atoms with van der Waals surface area (Å²) in [4.78, 5) is 29.4. The van der Waals surface area contributed by atoms with E-state index < -0.39 is 10.0 Å². The normalized spacial score (nSPS) is 14.1. The maximum atomic E-state index is 13.7. The van der Waals surface area contributed by atoms with E-state index in [4.69, 9.17) is 0 Å². The summed E-state index contributed by atoms with van der Waals surface area (Å²) in [6, 6.07) is 19.8. The molecule has 3 aromatic carbocycles. The second kappa shape index (κ2) is 12.0. The van der Waals surface area contributed by atoms with Crippen LogP contribution in [0.2, 0.25) is 0 Å². The van der Waals surface area contributed by atoms with Crippen molar-refractivity contribution in [2.75, 3.05) is 30.5 Å². The SMILES string of the molecule is Cc1cc(C)cc(N(CCC(=O)N2CCN(Cc3ccc(Br)cc3)C(=O)C2)S(=O)(=O)c2ccc(Br)cc2)c1. The van der Waals surface area contributed by atoms with E-state index in [-0.39, 0.29) is 36.2 Å². The van der Waals surface area contributed by atoms with Gasteiger partial charge in [0.2, 0.25) is 11.8 Å². The quantitative estimate of drug-likeness (QED) is 0.329. The van der Waals surface area contributed by atoms with Gasteiger partial charge in [-0.2, -0.15) is 0 Å². The zero-order chi connectivity index (χ0) is 27.4. The van der Waals surface area contributed by atoms with Crippen LogP contribution in [0.5, 0.6) is 0 Å². The van der Waals surface area contributed by atoms with E-state index >= 15 is 0 Å². The predicted molar refractivity (Wildman–Crippen MR) is 155 cm³/mol. The fraction of sp³-hybridized carbons (Fsp3) is 0.286. The molecule has 0 aromatic heterocycles. The van der Waals surface area contributed by atoms with Crippen LogP contribution in [0.3, 0.4) is 0 Å². The number of hydrogen-bond donors (Lipinski definition) is 0. The molecule has 0 N–H and O–H groups in total. The highest BCUT2D eigenvalue weighted by molar-refractivity contribution is 9.10. The minimum atomic E-state index is -3.92. The molecule has 0 radical (unpaired) electrons. The number of aryl methyl sites for hydroxylation is 2. The van der Waals surface area contributed by atoms with Crippen LogP contribution in [-0.2, 0) is 26.2 Å². The number of sulfonamides is 1. The van der Waals surface area contributed by atoms with Gasteiger partial charge in [0.15, 0.2) is 0 Å². The summed E-state index contributed by atoms with van der Waals surface area (Å²) < 4.78 is 30.4. The van der Waals surface area contributed by atoms with Crippen molar-refractivity contribution in [2.45, 2.75) is 31.7 Å². The third-order valence-corrected chi connectivity index (χ3v) is 9.28. The molecule has 200 valence electrons. The molecule has 1 heterocycles. The summed E-state index contributed by atoms with van der Waals surface area (Å²) >= 11 is 6.76. The number of carbonyl (C=O) groups excluding carboxylic acids is 2. The number of benzene rings is 3. The molecule has 4 rings (SSSR count). The molecule has 2 amide bonds. The number of amides is 2. The van der Waals surface area contributed by atoms with Crippen LogP contribution in [0, 0.1) is 13.8 Å². The topological polar surface area (TPSA) is 78.0 Å². The Kier molecular flexibility index (Phi) is 8.95. The van der Waals surface area contributed by atoms with Gasteiger partial charge in [-0.05, 0) is 79.1 Å². The Morgan fingerprint density at radius 3 is 2.05 bits per heavy atom. The lowest BCUT2D eigenvalue weighted by Crippen LogP contribution is -2.52. The van der Waals surface area contributed by atoms with Crippen molar-refractivity contribution in [1.82, 2.24) is 9.80 Å². The van der Waals surface area contributed by atoms with Crippen molar-refractivity contribution in [3.8, 4) is 0 Å². The standard InChI is InChI=1S/C28H29Br2N3O4S/c1-20-15-21(2)17-25(16-20)33(38(36,37)26-9-7-24(30)8-10-26)12-11-27(34)32-14-13-31(28(35)19-32)18-22-3-5-23(29)6-4-22/h3-10,15-17H,11-14,18-19H2,1-2H3. The van der Waals surface area contributed by atoms with Gasteiger partial charge >= 0.3 is 0 Å². The van der Waals surface area contributed by atoms with E-state index in [9.17, 15) is 18.0 Å². The lowest BCUT2D eigenvalue weighted by atomic mass is 10.1. The van der Waals surface area contributed by atoms with Crippen molar-refractivity contribution in [1.29, 1.82) is 0 Å². The van der Waals surface area contributed by atoms with Gasteiger partial charge in [0, 0.05) is 41.5 Å². The summed E-state index contributed by atoms with van der Waals surface area (Å²) in [5, 5.41) is 0. The number of rotatable bonds is 8. The van der Waals surface area contributed by atoms with E-state index in [0.29, 0.717) is 25.3 Å². The van der Waals surface area contributed by atoms with Gasteiger partial charge in [0.05, 0.1) is 17.1 Å². The maximum Gasteiger partial charge on any atom is 0.264 e. The Hall–Kier alpha value is -2.69. The van der Waals surface area contributed by atoms with E-state index in [1.54, 1.807) is 41.3 Å². The number of halogens is 2. The van der Waals surface area contributed by atoms with Crippen molar-refractivity contribution in [2.24, 2.45) is 0 Å². The highest BCUT2D eigenvalue weighted by atomic mass is 79.9. The van der Waals surface area contributed by atoms with Gasteiger partial charge in [-0.1, -0.05) is 50.1 Å². The summed E-state index contributed by atoms with van der Waals surface area (Å²) in [5.74, 6) is -0.372. The van der Waals surface area contributed by atoms with Crippen molar-refractivity contribution >= 4 is 59.4 Å². The van der Waals surface area contributed by atoms with Crippen LogP contribution >= 0.6 is 31.9 Å². The molecule has 1 aliphatic heterocycles. The molecule has 1 aliphatic rings. The van der Waals surface area contributed by atoms with Gasteiger partial charge in [0.25, 0.3) is 10.0 Å². The Balaban J connectivity index is 1.47. The average Bonchev–Trinajstić information content (AvgIpc) is 2.86. The van der Waals surface area contributed by atoms with E-state index in [0.717, 1.165) is 25.6 Å². The Bertz CT molecular complexity index is 1410. The van der Waals surface area contributed by atoms with Crippen LogP contribution in [-0.4, -0.2) is 56.2 Å². The number of hydrogen-bond acceptors (Lipinski definition) is 4. The molecule has 1 fully saturated rings. The first-order valence-corrected chi connectivity index (χ1v) is 15.2. The van der Waals surface area contributed by atoms with Gasteiger partial charge in [-0.25, -0.2) is 8.42 Å². The molecule has 7 nitrogen and oxygen atoms in total. The third-order valence-electron chi connectivity index (χ3n) is 6.38. The molecule has 0 bridgehead atoms. The third kappa shape index (κ3) is 6.84. The first kappa shape index (κ1) is 28.3. The average molecular weight is 663 g/mol. The van der Waals surface area contributed by atoms with E-state index in [1.165, 1.54) is 9.21 Å². The first-order valence-electron chi connectivity index (χ1n) is 12.2. The van der Waals surface area contributed by atoms with Crippen LogP contribution in [0.4, 0.5) is 5.69 Å². The lowest BCUT2D eigenvalue weighted by molar-refractivity contribution is -0.145. The van der Waals surface area contributed by atoms with Gasteiger partial charge in [0.1, 0.15) is 0 Å². The van der Waals surface area contributed by atoms with Crippen molar-refractivity contribution in [3.63, 3.8) is 0 Å². The summed E-state index contributed by atoms with van der Waals surface area (Å²) in [6.45, 7) is 5.09. The fourth-order valence-corrected chi connectivity index (χ4v) is 6.45. The Labute approximate surface area is 240 Å². The monoisotopic (exact) mass is 661 g/mol. The Morgan fingerprint density at radius 2 is 1.47 bits per heavy atom. The maximum absolute atomic E-state index is 13.7. The first-order chi connectivity index (χ1) is 18.0. The van der Waals surface area contributed by atoms with Gasteiger partial charge in [-0.3, -0.25) is 13.9 Å². The van der Waals surface area contributed by atoms with Crippen LogP contribution in [0.15, 0.2) is 80.6 Å². The molecule has 0 saturated carbocycles. The minimum absolute atomic E-state index is 0.0155. The van der Waals surface area contributed by atoms with E-state index in [2.05, 4.69) is 31.9 Å². The number of anilines is 1. The molecule has 0 spiro atoms. The van der Waals surface area contributed by atoms with Gasteiger partial charge in [-0.15, -0.1) is 0 Å². The zero-order valence-corrected chi connectivity index (χ0v) is 25.2. The molecular formula is C28H29Br2N3O4S. The van der Waals surface area contributed by atoms with Crippen molar-refractivity contribution < 1.29 is 18.0 Å². The van der Waals surface area contributed by atoms with E-state index in [1.807, 2.05) is 44.2 Å². The smallest absolute Gasteiger partial charge is 0.264 e. The van der Waals surface area contributed by atoms with Gasteiger partial charge < -0.3 is 9.80 Å². The fourth-order valence-electron chi connectivity index (χ4n) is 4.47. The van der Waals surface area contributed by atoms with Crippen LogP contribution < -0.4 is 4.31 Å². The zero-order valence-electron chi connectivity index (χ0n) is 21.2. The summed E-state index contributed by atoms with van der Waals surface area (Å²) in [7, 11) is -3.92. The minimum Gasteiger partial charge on any atom is -0.335 e. The molecule has 0 atom stereocenters. The number of carbonyl (C=O) groups is 2. The molecule has 3 aromatic rings. The molecule has 0 aliphatic carbocycles. The second-order valence-corrected chi connectivity index (χ2v) is 13.1. The molecule has 10 heteroatoms. The lowest BCUT2D eigenvalue weighted by Gasteiger charge is -2.35. The predicted octanol–water partition coefficient (Wildman–Crippen LogP) is 5.28. The van der Waals surface area contributed by atoms with Crippen LogP contribution in [0.25, 0.3) is 0 Å². The molecule has 1 saturated heterocycles. The molecular weight excluding hydrogens is 634 g/mol. The number of nitrogens with zero attached hydrogens (tertiary/aromatic N) is 3. The molecule has 0 unspecified atom stereocenters. The largest absolute Gasteiger partial charge is 0.335 e. The highest BCUT2D eigenvalue weighted by Crippen LogP contribution is 2.27. The number of piperazine rings is 1. The summed E-state index contributed by atoms with van der Waals surface area (Å²) in [6.07, 6.45) is -0.0389. The Morgan fingerprint density at radius 1 is 0.895 bits per heavy atom. The van der Waals surface area contributed by atoms with Crippen molar-refractivity contribution in [3.05, 3.63) is 92.4 Å². The van der Waals surface area contributed by atoms with Crippen LogP contribution in [0.1, 0.15) is 23.1 Å². The summed E-state index contributed by atoms with van der Waals surface area (Å²) in [5.41, 5.74) is 3.38. The highest BCUT2D eigenvalue weighted by Gasteiger charge is 2.30. The molecule has 38 heavy (non-hydrogen) atoms. The second-order valence-electron chi connectivity index (χ2n) is 9.38.